The van der Waals surface area contributed by atoms with E-state index in [1.807, 2.05) is 24.3 Å². The summed E-state index contributed by atoms with van der Waals surface area (Å²) < 4.78 is 25.2. The summed E-state index contributed by atoms with van der Waals surface area (Å²) in [6, 6.07) is 7.52. The van der Waals surface area contributed by atoms with Crippen molar-refractivity contribution in [2.24, 2.45) is 0 Å². The molecule has 8 heteroatoms. The van der Waals surface area contributed by atoms with Crippen LogP contribution in [-0.2, 0) is 16.6 Å². The van der Waals surface area contributed by atoms with Crippen molar-refractivity contribution in [2.75, 3.05) is 32.4 Å². The molecule has 1 saturated heterocycles. The van der Waals surface area contributed by atoms with E-state index in [0.29, 0.717) is 32.7 Å². The van der Waals surface area contributed by atoms with Crippen LogP contribution >= 0.6 is 15.9 Å². The lowest BCUT2D eigenvalue weighted by atomic mass is 10.2. The Labute approximate surface area is 133 Å². The molecule has 0 spiro atoms. The number of hydrogen-bond acceptors (Lipinski definition) is 3. The third-order valence-electron chi connectivity index (χ3n) is 3.38. The summed E-state index contributed by atoms with van der Waals surface area (Å²) in [7, 11) is -3.17. The van der Waals surface area contributed by atoms with Crippen molar-refractivity contribution >= 4 is 32.0 Å². The van der Waals surface area contributed by atoms with Crippen LogP contribution in [0.2, 0.25) is 0 Å². The molecule has 0 aromatic heterocycles. The van der Waals surface area contributed by atoms with E-state index in [1.54, 1.807) is 4.90 Å². The predicted molar refractivity (Wildman–Crippen MR) is 84.4 cm³/mol. The van der Waals surface area contributed by atoms with Gasteiger partial charge >= 0.3 is 6.03 Å². The molecule has 1 fully saturated rings. The number of carbonyl (C=O) groups excluding carboxylic acids is 1. The number of nitrogens with one attached hydrogen (secondary N) is 1. The molecular formula is C13H18BrN3O3S. The normalized spacial score (nSPS) is 16.8. The van der Waals surface area contributed by atoms with Crippen LogP contribution in [0, 0.1) is 0 Å². The lowest BCUT2D eigenvalue weighted by Crippen LogP contribution is -2.52. The van der Waals surface area contributed by atoms with E-state index in [4.69, 9.17) is 0 Å². The van der Waals surface area contributed by atoms with Gasteiger partial charge in [-0.05, 0) is 11.6 Å². The van der Waals surface area contributed by atoms with Crippen LogP contribution in [0.3, 0.4) is 0 Å². The van der Waals surface area contributed by atoms with Gasteiger partial charge in [0.15, 0.2) is 0 Å². The minimum absolute atomic E-state index is 0.168. The zero-order valence-corrected chi connectivity index (χ0v) is 14.2. The largest absolute Gasteiger partial charge is 0.334 e. The Balaban J connectivity index is 1.84. The van der Waals surface area contributed by atoms with Crippen molar-refractivity contribution in [1.82, 2.24) is 14.5 Å². The van der Waals surface area contributed by atoms with E-state index < -0.39 is 10.0 Å². The maximum atomic E-state index is 12.1. The molecule has 1 heterocycles. The molecule has 1 aliphatic rings. The number of halogens is 1. The second kappa shape index (κ2) is 6.76. The quantitative estimate of drug-likeness (QED) is 0.863. The first-order chi connectivity index (χ1) is 9.88. The molecule has 1 aliphatic heterocycles. The van der Waals surface area contributed by atoms with Crippen molar-refractivity contribution in [2.45, 2.75) is 6.54 Å². The highest BCUT2D eigenvalue weighted by molar-refractivity contribution is 9.10. The highest BCUT2D eigenvalue weighted by Crippen LogP contribution is 2.15. The predicted octanol–water partition coefficient (Wildman–Crippen LogP) is 1.24. The minimum Gasteiger partial charge on any atom is -0.334 e. The zero-order chi connectivity index (χ0) is 15.5. The molecule has 1 aromatic rings. The van der Waals surface area contributed by atoms with Crippen molar-refractivity contribution < 1.29 is 13.2 Å². The molecule has 0 bridgehead atoms. The van der Waals surface area contributed by atoms with Gasteiger partial charge in [0.1, 0.15) is 0 Å². The number of sulfonamides is 1. The van der Waals surface area contributed by atoms with Crippen LogP contribution < -0.4 is 5.32 Å². The molecular weight excluding hydrogens is 358 g/mol. The summed E-state index contributed by atoms with van der Waals surface area (Å²) >= 11 is 3.43. The third-order valence-corrected chi connectivity index (χ3v) is 5.46. The number of urea groups is 1. The van der Waals surface area contributed by atoms with Gasteiger partial charge in [0.05, 0.1) is 6.26 Å². The second-order valence-corrected chi connectivity index (χ2v) is 7.74. The van der Waals surface area contributed by atoms with Crippen LogP contribution in [0.4, 0.5) is 4.79 Å². The first kappa shape index (κ1) is 16.3. The van der Waals surface area contributed by atoms with Gasteiger partial charge in [0, 0.05) is 37.2 Å². The Bertz CT molecular complexity index is 613. The van der Waals surface area contributed by atoms with Gasteiger partial charge in [-0.15, -0.1) is 0 Å². The minimum atomic E-state index is -3.17. The van der Waals surface area contributed by atoms with Crippen molar-refractivity contribution in [3.8, 4) is 0 Å². The van der Waals surface area contributed by atoms with Crippen LogP contribution in [0.1, 0.15) is 5.56 Å². The molecule has 6 nitrogen and oxygen atoms in total. The molecule has 0 aliphatic carbocycles. The fourth-order valence-corrected chi connectivity index (χ4v) is 3.40. The summed E-state index contributed by atoms with van der Waals surface area (Å²) in [5.74, 6) is 0. The summed E-state index contributed by atoms with van der Waals surface area (Å²) in [4.78, 5) is 13.7. The molecule has 116 valence electrons. The first-order valence-corrected chi connectivity index (χ1v) is 9.23. The molecule has 2 rings (SSSR count). The second-order valence-electron chi connectivity index (χ2n) is 4.90. The van der Waals surface area contributed by atoms with Crippen LogP contribution in [0.5, 0.6) is 0 Å². The Hall–Kier alpha value is -1.12. The Morgan fingerprint density at radius 1 is 1.24 bits per heavy atom. The van der Waals surface area contributed by atoms with E-state index in [-0.39, 0.29) is 6.03 Å². The maximum absolute atomic E-state index is 12.1. The lowest BCUT2D eigenvalue weighted by Gasteiger charge is -2.33. The lowest BCUT2D eigenvalue weighted by molar-refractivity contribution is 0.172. The third kappa shape index (κ3) is 4.42. The molecule has 1 N–H and O–H groups in total. The Morgan fingerprint density at radius 3 is 2.43 bits per heavy atom. The highest BCUT2D eigenvalue weighted by Gasteiger charge is 2.25. The van der Waals surface area contributed by atoms with E-state index in [9.17, 15) is 13.2 Å². The molecule has 21 heavy (non-hydrogen) atoms. The highest BCUT2D eigenvalue weighted by atomic mass is 79.9. The van der Waals surface area contributed by atoms with Crippen molar-refractivity contribution in [3.63, 3.8) is 0 Å². The SMILES string of the molecule is CS(=O)(=O)N1CCN(C(=O)NCc2ccccc2Br)CC1. The topological polar surface area (TPSA) is 69.7 Å². The van der Waals surface area contributed by atoms with Crippen LogP contribution in [0.15, 0.2) is 28.7 Å². The number of rotatable bonds is 3. The number of carbonyl (C=O) groups is 1. The molecule has 1 aromatic carbocycles. The summed E-state index contributed by atoms with van der Waals surface area (Å²) in [6.45, 7) is 1.96. The number of hydrogen-bond donors (Lipinski definition) is 1. The van der Waals surface area contributed by atoms with Crippen LogP contribution in [0.25, 0.3) is 0 Å². The monoisotopic (exact) mass is 375 g/mol. The number of nitrogens with zero attached hydrogens (tertiary/aromatic N) is 2. The van der Waals surface area contributed by atoms with Crippen molar-refractivity contribution in [3.05, 3.63) is 34.3 Å². The fraction of sp³-hybridized carbons (Fsp3) is 0.462. The Morgan fingerprint density at radius 2 is 1.86 bits per heavy atom. The fourth-order valence-electron chi connectivity index (χ4n) is 2.15. The van der Waals surface area contributed by atoms with Gasteiger partial charge in [0.25, 0.3) is 0 Å². The first-order valence-electron chi connectivity index (χ1n) is 6.59. The number of benzene rings is 1. The zero-order valence-electron chi connectivity index (χ0n) is 11.8. The van der Waals surface area contributed by atoms with E-state index in [2.05, 4.69) is 21.2 Å². The average Bonchev–Trinajstić information content (AvgIpc) is 2.45. The molecule has 0 radical (unpaired) electrons. The summed E-state index contributed by atoms with van der Waals surface area (Å²) in [6.07, 6.45) is 1.19. The summed E-state index contributed by atoms with van der Waals surface area (Å²) in [5, 5.41) is 2.85. The molecule has 0 atom stereocenters. The van der Waals surface area contributed by atoms with Crippen molar-refractivity contribution in [1.29, 1.82) is 0 Å². The van der Waals surface area contributed by atoms with Crippen LogP contribution in [-0.4, -0.2) is 56.1 Å². The van der Waals surface area contributed by atoms with Gasteiger partial charge < -0.3 is 10.2 Å². The Kier molecular flexibility index (Phi) is 5.23. The van der Waals surface area contributed by atoms with Gasteiger partial charge in [-0.25, -0.2) is 13.2 Å². The van der Waals surface area contributed by atoms with E-state index in [0.717, 1.165) is 10.0 Å². The summed E-state index contributed by atoms with van der Waals surface area (Å²) in [5.41, 5.74) is 1.00. The van der Waals surface area contributed by atoms with E-state index >= 15 is 0 Å². The number of piperazine rings is 1. The van der Waals surface area contributed by atoms with Gasteiger partial charge in [-0.3, -0.25) is 0 Å². The van der Waals surface area contributed by atoms with E-state index in [1.165, 1.54) is 10.6 Å². The van der Waals surface area contributed by atoms with Gasteiger partial charge in [-0.1, -0.05) is 34.1 Å². The standard InChI is InChI=1S/C13H18BrN3O3S/c1-21(19,20)17-8-6-16(7-9-17)13(18)15-10-11-4-2-3-5-12(11)14/h2-5H,6-10H2,1H3,(H,15,18). The molecule has 0 saturated carbocycles. The van der Waals surface area contributed by atoms with Gasteiger partial charge in [0.2, 0.25) is 10.0 Å². The smallest absolute Gasteiger partial charge is 0.317 e. The molecule has 0 unspecified atom stereocenters. The average molecular weight is 376 g/mol. The molecule has 2 amide bonds. The maximum Gasteiger partial charge on any atom is 0.317 e. The van der Waals surface area contributed by atoms with Gasteiger partial charge in [-0.2, -0.15) is 4.31 Å². The number of amides is 2.